The Morgan fingerprint density at radius 1 is 1.06 bits per heavy atom. The van der Waals surface area contributed by atoms with Crippen LogP contribution in [0.4, 0.5) is 0 Å². The molecule has 0 radical (unpaired) electrons. The molecule has 0 spiro atoms. The van der Waals surface area contributed by atoms with Crippen LogP contribution < -0.4 is 0 Å². The summed E-state index contributed by atoms with van der Waals surface area (Å²) in [6.45, 7) is 6.74. The average molecular weight is 438 g/mol. The van der Waals surface area contributed by atoms with Gasteiger partial charge in [-0.2, -0.15) is 4.31 Å². The number of ether oxygens (including phenoxy) is 1. The van der Waals surface area contributed by atoms with Crippen molar-refractivity contribution in [1.29, 1.82) is 0 Å². The predicted molar refractivity (Wildman–Crippen MR) is 121 cm³/mol. The molecule has 1 unspecified atom stereocenters. The lowest BCUT2D eigenvalue weighted by atomic mass is 9.78. The number of carbonyl (C=O) groups excluding carboxylic acids is 1. The highest BCUT2D eigenvalue weighted by Crippen LogP contribution is 2.44. The molecule has 1 aliphatic carbocycles. The molecule has 31 heavy (non-hydrogen) atoms. The number of hydrogen-bond donors (Lipinski definition) is 0. The fourth-order valence-corrected chi connectivity index (χ4v) is 5.99. The second-order valence-electron chi connectivity index (χ2n) is 8.10. The molecule has 4 rings (SSSR count). The van der Waals surface area contributed by atoms with Gasteiger partial charge in [0.25, 0.3) is 0 Å². The zero-order valence-corrected chi connectivity index (χ0v) is 18.9. The van der Waals surface area contributed by atoms with Crippen molar-refractivity contribution in [3.8, 4) is 0 Å². The summed E-state index contributed by atoms with van der Waals surface area (Å²) in [5, 5.41) is 0. The molecule has 0 saturated carbocycles. The van der Waals surface area contributed by atoms with Gasteiger partial charge in [-0.1, -0.05) is 48.0 Å². The second-order valence-corrected chi connectivity index (χ2v) is 10.0. The normalized spacial score (nSPS) is 19.5. The lowest BCUT2D eigenvalue weighted by molar-refractivity contribution is -0.138. The van der Waals surface area contributed by atoms with E-state index in [1.165, 1.54) is 4.31 Å². The van der Waals surface area contributed by atoms with Crippen LogP contribution in [0.3, 0.4) is 0 Å². The number of aryl methyl sites for hydroxylation is 1. The summed E-state index contributed by atoms with van der Waals surface area (Å²) in [4.78, 5) is 13.1. The molecule has 2 aromatic carbocycles. The van der Waals surface area contributed by atoms with E-state index in [-0.39, 0.29) is 11.9 Å². The van der Waals surface area contributed by atoms with Crippen LogP contribution in [0.1, 0.15) is 31.4 Å². The molecule has 0 bridgehead atoms. The first-order valence-corrected chi connectivity index (χ1v) is 12.0. The predicted octanol–water partition coefficient (Wildman–Crippen LogP) is 4.35. The van der Waals surface area contributed by atoms with Crippen LogP contribution in [0.5, 0.6) is 0 Å². The van der Waals surface area contributed by atoms with E-state index in [0.717, 1.165) is 27.8 Å². The molecule has 2 aliphatic rings. The monoisotopic (exact) mass is 437 g/mol. The summed E-state index contributed by atoms with van der Waals surface area (Å²) in [6, 6.07) is 16.7. The summed E-state index contributed by atoms with van der Waals surface area (Å²) in [5.74, 6) is -0.341. The fourth-order valence-electron chi connectivity index (χ4n) is 4.53. The fraction of sp³-hybridized carbons (Fsp3) is 0.320. The van der Waals surface area contributed by atoms with Gasteiger partial charge in [-0.15, -0.1) is 0 Å². The van der Waals surface area contributed by atoms with Crippen LogP contribution >= 0.6 is 0 Å². The molecule has 0 N–H and O–H groups in total. The molecule has 162 valence electrons. The number of allylic oxidation sites excluding steroid dienone is 2. The van der Waals surface area contributed by atoms with Crippen LogP contribution in [-0.2, 0) is 19.6 Å². The Kier molecular flexibility index (Phi) is 5.86. The van der Waals surface area contributed by atoms with Crippen LogP contribution in [-0.4, -0.2) is 38.4 Å². The van der Waals surface area contributed by atoms with Gasteiger partial charge in [0.1, 0.15) is 0 Å². The minimum absolute atomic E-state index is 0.0212. The molecule has 1 heterocycles. The van der Waals surface area contributed by atoms with Crippen molar-refractivity contribution in [1.82, 2.24) is 4.31 Å². The summed E-state index contributed by atoms with van der Waals surface area (Å²) in [6.07, 6.45) is 0.482. The van der Waals surface area contributed by atoms with Crippen molar-refractivity contribution in [2.75, 3.05) is 19.7 Å². The lowest BCUT2D eigenvalue weighted by Crippen LogP contribution is -2.29. The van der Waals surface area contributed by atoms with Crippen LogP contribution in [0.25, 0.3) is 5.57 Å². The molecular weight excluding hydrogens is 410 g/mol. The van der Waals surface area contributed by atoms with Crippen molar-refractivity contribution in [3.63, 3.8) is 0 Å². The third-order valence-electron chi connectivity index (χ3n) is 6.12. The molecule has 5 nitrogen and oxygen atoms in total. The van der Waals surface area contributed by atoms with E-state index in [2.05, 4.69) is 0 Å². The van der Waals surface area contributed by atoms with Gasteiger partial charge in [0.05, 0.1) is 11.5 Å². The minimum atomic E-state index is -3.60. The number of sulfonamides is 1. The number of nitrogens with zero attached hydrogens (tertiary/aromatic N) is 1. The number of hydrogen-bond acceptors (Lipinski definition) is 4. The van der Waals surface area contributed by atoms with Crippen molar-refractivity contribution < 1.29 is 17.9 Å². The molecule has 0 amide bonds. The molecule has 0 aromatic heterocycles. The first kappa shape index (κ1) is 21.5. The van der Waals surface area contributed by atoms with Crippen LogP contribution in [0.2, 0.25) is 0 Å². The number of benzene rings is 2. The summed E-state index contributed by atoms with van der Waals surface area (Å²) >= 11 is 0. The van der Waals surface area contributed by atoms with Gasteiger partial charge in [-0.05, 0) is 67.5 Å². The highest BCUT2D eigenvalue weighted by molar-refractivity contribution is 7.89. The molecular formula is C25H27NO4S. The minimum Gasteiger partial charge on any atom is -0.463 e. The number of rotatable bonds is 5. The van der Waals surface area contributed by atoms with E-state index in [4.69, 9.17) is 4.74 Å². The lowest BCUT2D eigenvalue weighted by Gasteiger charge is -2.26. The van der Waals surface area contributed by atoms with Crippen LogP contribution in [0, 0.1) is 12.8 Å². The first-order valence-electron chi connectivity index (χ1n) is 10.6. The van der Waals surface area contributed by atoms with Crippen LogP contribution in [0.15, 0.2) is 76.2 Å². The summed E-state index contributed by atoms with van der Waals surface area (Å²) in [7, 11) is -3.60. The third-order valence-corrected chi connectivity index (χ3v) is 7.94. The summed E-state index contributed by atoms with van der Waals surface area (Å²) < 4.78 is 33.4. The topological polar surface area (TPSA) is 63.7 Å². The van der Waals surface area contributed by atoms with E-state index < -0.39 is 10.0 Å². The van der Waals surface area contributed by atoms with Gasteiger partial charge in [0.15, 0.2) is 0 Å². The van der Waals surface area contributed by atoms with E-state index in [1.54, 1.807) is 19.1 Å². The van der Waals surface area contributed by atoms with E-state index in [0.29, 0.717) is 36.6 Å². The number of fused-ring (bicyclic) bond motifs is 1. The molecule has 2 aromatic rings. The smallest absolute Gasteiger partial charge is 0.334 e. The van der Waals surface area contributed by atoms with Gasteiger partial charge in [-0.3, -0.25) is 0 Å². The maximum Gasteiger partial charge on any atom is 0.334 e. The van der Waals surface area contributed by atoms with E-state index in [1.807, 2.05) is 56.3 Å². The van der Waals surface area contributed by atoms with Crippen molar-refractivity contribution in [2.45, 2.75) is 32.1 Å². The Morgan fingerprint density at radius 3 is 2.39 bits per heavy atom. The Balaban J connectivity index is 1.73. The van der Waals surface area contributed by atoms with Gasteiger partial charge < -0.3 is 4.74 Å². The van der Waals surface area contributed by atoms with Gasteiger partial charge in [0, 0.05) is 18.7 Å². The average Bonchev–Trinajstić information content (AvgIpc) is 3.20. The molecule has 1 fully saturated rings. The quantitative estimate of drug-likeness (QED) is 0.653. The maximum absolute atomic E-state index is 13.3. The molecule has 1 saturated heterocycles. The maximum atomic E-state index is 13.3. The van der Waals surface area contributed by atoms with E-state index >= 15 is 0 Å². The molecule has 6 heteroatoms. The zero-order valence-electron chi connectivity index (χ0n) is 18.1. The molecule has 1 atom stereocenters. The van der Waals surface area contributed by atoms with Gasteiger partial charge >= 0.3 is 5.97 Å². The van der Waals surface area contributed by atoms with Crippen molar-refractivity contribution in [2.24, 2.45) is 5.92 Å². The largest absolute Gasteiger partial charge is 0.463 e. The summed E-state index contributed by atoms with van der Waals surface area (Å²) in [5.41, 5.74) is 5.54. The highest BCUT2D eigenvalue weighted by Gasteiger charge is 2.41. The Hall–Kier alpha value is -2.70. The highest BCUT2D eigenvalue weighted by atomic mass is 32.2. The number of carbonyl (C=O) groups is 1. The second kappa shape index (κ2) is 8.44. The standard InChI is InChI=1S/C25H27NO4S/c1-4-30-25(27)22-14-20-15-26(31(28,29)21-12-10-17(2)11-13-21)16-23(20)18(3)24(22)19-8-6-5-7-9-19/h5-13,20H,4,14-16H2,1-3H3. The van der Waals surface area contributed by atoms with Crippen molar-refractivity contribution in [3.05, 3.63) is 82.4 Å². The zero-order chi connectivity index (χ0) is 22.2. The number of esters is 1. The Morgan fingerprint density at radius 2 is 1.74 bits per heavy atom. The Labute approximate surface area is 184 Å². The Bertz CT molecular complexity index is 1160. The van der Waals surface area contributed by atoms with Gasteiger partial charge in [0.2, 0.25) is 10.0 Å². The van der Waals surface area contributed by atoms with E-state index in [9.17, 15) is 13.2 Å². The van der Waals surface area contributed by atoms with Crippen molar-refractivity contribution >= 4 is 21.6 Å². The first-order chi connectivity index (χ1) is 14.8. The SMILES string of the molecule is CCOC(=O)C1=C(c2ccccc2)C(C)=C2CN(S(=O)(=O)c3ccc(C)cc3)CC2C1. The van der Waals surface area contributed by atoms with Gasteiger partial charge in [-0.25, -0.2) is 13.2 Å². The third kappa shape index (κ3) is 3.98. The molecule has 1 aliphatic heterocycles.